The maximum atomic E-state index is 11.9. The third kappa shape index (κ3) is 5.50. The molecule has 0 aliphatic rings. The number of hydrazone groups is 1. The average molecular weight is 341 g/mol. The summed E-state index contributed by atoms with van der Waals surface area (Å²) >= 11 is 0. The molecule has 0 atom stereocenters. The van der Waals surface area contributed by atoms with Gasteiger partial charge in [-0.25, -0.2) is 10.4 Å². The fourth-order valence-corrected chi connectivity index (χ4v) is 1.84. The maximum Gasteiger partial charge on any atom is 0.271 e. The summed E-state index contributed by atoms with van der Waals surface area (Å²) in [6.07, 6.45) is 1.54. The molecule has 0 spiro atoms. The first-order valence-electron chi connectivity index (χ1n) is 7.24. The van der Waals surface area contributed by atoms with Gasteiger partial charge >= 0.3 is 0 Å². The number of nitro benzene ring substituents is 1. The van der Waals surface area contributed by atoms with Crippen molar-refractivity contribution in [1.82, 2.24) is 10.4 Å². The van der Waals surface area contributed by atoms with Crippen LogP contribution in [0.4, 0.5) is 11.5 Å². The molecular weight excluding hydrogens is 326 g/mol. The Morgan fingerprint density at radius 2 is 1.92 bits per heavy atom. The summed E-state index contributed by atoms with van der Waals surface area (Å²) in [5.41, 5.74) is 2.81. The van der Waals surface area contributed by atoms with E-state index in [-0.39, 0.29) is 23.6 Å². The molecule has 0 aliphatic heterocycles. The van der Waals surface area contributed by atoms with E-state index in [1.165, 1.54) is 24.3 Å². The second-order valence-electron chi connectivity index (χ2n) is 5.03. The standard InChI is InChI=1S/C16H15N5O4/c1-11(10-15(22)18-14-4-2-3-9-17-14)19-20-16(23)12-5-7-13(8-6-12)21(24)25/h2-9H,10H2,1H3,(H,20,23)(H,17,18,22)/b19-11+. The van der Waals surface area contributed by atoms with Crippen molar-refractivity contribution >= 4 is 29.0 Å². The van der Waals surface area contributed by atoms with Gasteiger partial charge in [-0.3, -0.25) is 19.7 Å². The van der Waals surface area contributed by atoms with Gasteiger partial charge in [0.25, 0.3) is 11.6 Å². The number of benzene rings is 1. The van der Waals surface area contributed by atoms with Gasteiger partial charge in [0.15, 0.2) is 0 Å². The Hall–Kier alpha value is -3.62. The molecular formula is C16H15N5O4. The number of carbonyl (C=O) groups excluding carboxylic acids is 2. The second kappa shape index (κ2) is 8.29. The van der Waals surface area contributed by atoms with Crippen molar-refractivity contribution in [3.8, 4) is 0 Å². The molecule has 2 rings (SSSR count). The van der Waals surface area contributed by atoms with E-state index in [1.54, 1.807) is 31.3 Å². The zero-order chi connectivity index (χ0) is 18.2. The van der Waals surface area contributed by atoms with E-state index >= 15 is 0 Å². The normalized spacial score (nSPS) is 10.8. The van der Waals surface area contributed by atoms with Gasteiger partial charge in [-0.15, -0.1) is 0 Å². The number of hydrogen-bond acceptors (Lipinski definition) is 6. The first-order valence-corrected chi connectivity index (χ1v) is 7.24. The fraction of sp³-hybridized carbons (Fsp3) is 0.125. The van der Waals surface area contributed by atoms with Crippen molar-refractivity contribution in [1.29, 1.82) is 0 Å². The molecule has 0 unspecified atom stereocenters. The number of amides is 2. The zero-order valence-electron chi connectivity index (χ0n) is 13.3. The number of nitro groups is 1. The van der Waals surface area contributed by atoms with Gasteiger partial charge in [0.2, 0.25) is 5.91 Å². The second-order valence-corrected chi connectivity index (χ2v) is 5.03. The van der Waals surface area contributed by atoms with Gasteiger partial charge in [0.05, 0.1) is 11.3 Å². The molecule has 9 heteroatoms. The lowest BCUT2D eigenvalue weighted by atomic mass is 10.2. The van der Waals surface area contributed by atoms with Crippen LogP contribution < -0.4 is 10.7 Å². The molecule has 2 amide bonds. The van der Waals surface area contributed by atoms with E-state index in [2.05, 4.69) is 20.8 Å². The first-order chi connectivity index (χ1) is 12.0. The van der Waals surface area contributed by atoms with Crippen molar-refractivity contribution in [2.45, 2.75) is 13.3 Å². The number of nitrogens with zero attached hydrogens (tertiary/aromatic N) is 3. The summed E-state index contributed by atoms with van der Waals surface area (Å²) in [7, 11) is 0. The quantitative estimate of drug-likeness (QED) is 0.473. The van der Waals surface area contributed by atoms with Crippen molar-refractivity contribution < 1.29 is 14.5 Å². The van der Waals surface area contributed by atoms with E-state index in [9.17, 15) is 19.7 Å². The Morgan fingerprint density at radius 1 is 1.20 bits per heavy atom. The molecule has 0 bridgehead atoms. The van der Waals surface area contributed by atoms with Gasteiger partial charge < -0.3 is 5.32 Å². The Balaban J connectivity index is 1.88. The minimum atomic E-state index is -0.551. The Kier molecular flexibility index (Phi) is 5.88. The van der Waals surface area contributed by atoms with Crippen LogP contribution in [-0.4, -0.2) is 27.4 Å². The number of pyridine rings is 1. The van der Waals surface area contributed by atoms with E-state index in [1.807, 2.05) is 0 Å². The molecule has 9 nitrogen and oxygen atoms in total. The van der Waals surface area contributed by atoms with Crippen LogP contribution >= 0.6 is 0 Å². The van der Waals surface area contributed by atoms with Gasteiger partial charge in [0, 0.05) is 29.6 Å². The van der Waals surface area contributed by atoms with Crippen LogP contribution in [0.15, 0.2) is 53.8 Å². The molecule has 1 aromatic carbocycles. The number of anilines is 1. The third-order valence-corrected chi connectivity index (χ3v) is 3.04. The largest absolute Gasteiger partial charge is 0.310 e. The van der Waals surface area contributed by atoms with Crippen LogP contribution in [0, 0.1) is 10.1 Å². The Morgan fingerprint density at radius 3 is 2.52 bits per heavy atom. The highest BCUT2D eigenvalue weighted by Crippen LogP contribution is 2.11. The van der Waals surface area contributed by atoms with Crippen LogP contribution in [-0.2, 0) is 4.79 Å². The highest BCUT2D eigenvalue weighted by molar-refractivity contribution is 6.05. The first kappa shape index (κ1) is 17.7. The minimum Gasteiger partial charge on any atom is -0.310 e. The maximum absolute atomic E-state index is 11.9. The van der Waals surface area contributed by atoms with E-state index in [0.29, 0.717) is 11.5 Å². The molecule has 25 heavy (non-hydrogen) atoms. The number of non-ortho nitro benzene ring substituents is 1. The molecule has 0 saturated heterocycles. The monoisotopic (exact) mass is 341 g/mol. The van der Waals surface area contributed by atoms with E-state index in [0.717, 1.165) is 0 Å². The lowest BCUT2D eigenvalue weighted by Crippen LogP contribution is -2.21. The third-order valence-electron chi connectivity index (χ3n) is 3.04. The van der Waals surface area contributed by atoms with Gasteiger partial charge in [-0.05, 0) is 31.2 Å². The van der Waals surface area contributed by atoms with Gasteiger partial charge in [-0.2, -0.15) is 5.10 Å². The molecule has 0 fully saturated rings. The molecule has 0 radical (unpaired) electrons. The summed E-state index contributed by atoms with van der Waals surface area (Å²) in [6, 6.07) is 10.2. The number of rotatable bonds is 6. The van der Waals surface area contributed by atoms with Crippen LogP contribution in [0.1, 0.15) is 23.7 Å². The van der Waals surface area contributed by atoms with Crippen molar-refractivity contribution in [3.63, 3.8) is 0 Å². The fourth-order valence-electron chi connectivity index (χ4n) is 1.84. The van der Waals surface area contributed by atoms with Crippen LogP contribution in [0.25, 0.3) is 0 Å². The Bertz CT molecular complexity index is 803. The van der Waals surface area contributed by atoms with Crippen LogP contribution in [0.3, 0.4) is 0 Å². The van der Waals surface area contributed by atoms with E-state index in [4.69, 9.17) is 0 Å². The molecule has 1 aromatic heterocycles. The molecule has 128 valence electrons. The summed E-state index contributed by atoms with van der Waals surface area (Å²) in [4.78, 5) is 37.7. The lowest BCUT2D eigenvalue weighted by molar-refractivity contribution is -0.384. The molecule has 2 aromatic rings. The zero-order valence-corrected chi connectivity index (χ0v) is 13.3. The summed E-state index contributed by atoms with van der Waals surface area (Å²) in [5.74, 6) is -0.417. The summed E-state index contributed by atoms with van der Waals surface area (Å²) < 4.78 is 0. The molecule has 2 N–H and O–H groups in total. The van der Waals surface area contributed by atoms with E-state index < -0.39 is 10.8 Å². The summed E-state index contributed by atoms with van der Waals surface area (Å²) in [6.45, 7) is 1.59. The van der Waals surface area contributed by atoms with Gasteiger partial charge in [-0.1, -0.05) is 6.07 Å². The number of carbonyl (C=O) groups is 2. The molecule has 0 aliphatic carbocycles. The van der Waals surface area contributed by atoms with Crippen LogP contribution in [0.5, 0.6) is 0 Å². The SMILES string of the molecule is C/C(CC(=O)Nc1ccccn1)=N\NC(=O)c1ccc([N+](=O)[O-])cc1. The van der Waals surface area contributed by atoms with Gasteiger partial charge in [0.1, 0.15) is 5.82 Å². The predicted molar refractivity (Wildman–Crippen MR) is 91.2 cm³/mol. The molecule has 1 heterocycles. The van der Waals surface area contributed by atoms with Crippen molar-refractivity contribution in [3.05, 3.63) is 64.3 Å². The average Bonchev–Trinajstić information content (AvgIpc) is 2.60. The number of hydrogen-bond donors (Lipinski definition) is 2. The smallest absolute Gasteiger partial charge is 0.271 e. The van der Waals surface area contributed by atoms with Crippen molar-refractivity contribution in [2.75, 3.05) is 5.32 Å². The topological polar surface area (TPSA) is 127 Å². The molecule has 0 saturated carbocycles. The minimum absolute atomic E-state index is 0.0168. The Labute approximate surface area is 142 Å². The predicted octanol–water partition coefficient (Wildman–Crippen LogP) is 2.12. The summed E-state index contributed by atoms with van der Waals surface area (Å²) in [5, 5.41) is 17.0. The highest BCUT2D eigenvalue weighted by atomic mass is 16.6. The van der Waals surface area contributed by atoms with Crippen molar-refractivity contribution in [2.24, 2.45) is 5.10 Å². The number of nitrogens with one attached hydrogen (secondary N) is 2. The van der Waals surface area contributed by atoms with Crippen LogP contribution in [0.2, 0.25) is 0 Å². The number of aromatic nitrogens is 1. The highest BCUT2D eigenvalue weighted by Gasteiger charge is 2.10. The lowest BCUT2D eigenvalue weighted by Gasteiger charge is -2.04.